The SMILES string of the molecule is CCNC(=O)N=C(OCC)c1ccccc1. The van der Waals surface area contributed by atoms with Crippen molar-refractivity contribution in [1.29, 1.82) is 0 Å². The van der Waals surface area contributed by atoms with Gasteiger partial charge in [0.05, 0.1) is 6.61 Å². The number of nitrogens with zero attached hydrogens (tertiary/aromatic N) is 1. The van der Waals surface area contributed by atoms with Gasteiger partial charge in [0.1, 0.15) is 0 Å². The standard InChI is InChI=1S/C12H16N2O2/c1-3-13-12(15)14-11(16-4-2)10-8-6-5-7-9-10/h5-9H,3-4H2,1-2H3,(H,13,15). The van der Waals surface area contributed by atoms with Gasteiger partial charge in [0.15, 0.2) is 0 Å². The van der Waals surface area contributed by atoms with Gasteiger partial charge in [-0.15, -0.1) is 0 Å². The second-order valence-corrected chi connectivity index (χ2v) is 3.05. The summed E-state index contributed by atoms with van der Waals surface area (Å²) in [5.74, 6) is 0.356. The van der Waals surface area contributed by atoms with Gasteiger partial charge >= 0.3 is 6.03 Å². The first-order valence-electron chi connectivity index (χ1n) is 5.32. The van der Waals surface area contributed by atoms with Gasteiger partial charge in [-0.3, -0.25) is 0 Å². The second kappa shape index (κ2) is 6.61. The minimum atomic E-state index is -0.380. The Morgan fingerprint density at radius 1 is 1.31 bits per heavy atom. The second-order valence-electron chi connectivity index (χ2n) is 3.05. The van der Waals surface area contributed by atoms with E-state index in [2.05, 4.69) is 10.3 Å². The van der Waals surface area contributed by atoms with Gasteiger partial charge in [0.25, 0.3) is 0 Å². The number of hydrogen-bond donors (Lipinski definition) is 1. The third kappa shape index (κ3) is 3.73. The zero-order valence-electron chi connectivity index (χ0n) is 9.56. The summed E-state index contributed by atoms with van der Waals surface area (Å²) in [4.78, 5) is 15.2. The van der Waals surface area contributed by atoms with Crippen LogP contribution in [0.15, 0.2) is 35.3 Å². The first kappa shape index (κ1) is 12.2. The molecule has 4 nitrogen and oxygen atoms in total. The lowest BCUT2D eigenvalue weighted by atomic mass is 10.2. The Labute approximate surface area is 95.3 Å². The normalized spacial score (nSPS) is 11.0. The quantitative estimate of drug-likeness (QED) is 0.627. The third-order valence-corrected chi connectivity index (χ3v) is 1.83. The largest absolute Gasteiger partial charge is 0.477 e. The van der Waals surface area contributed by atoms with Crippen molar-refractivity contribution in [2.24, 2.45) is 4.99 Å². The summed E-state index contributed by atoms with van der Waals surface area (Å²) in [7, 11) is 0. The molecule has 0 heterocycles. The van der Waals surface area contributed by atoms with Gasteiger partial charge in [-0.1, -0.05) is 18.2 Å². The predicted octanol–water partition coefficient (Wildman–Crippen LogP) is 2.20. The van der Waals surface area contributed by atoms with E-state index in [4.69, 9.17) is 4.74 Å². The minimum Gasteiger partial charge on any atom is -0.477 e. The molecule has 0 aliphatic carbocycles. The summed E-state index contributed by atoms with van der Waals surface area (Å²) in [6, 6.07) is 8.99. The van der Waals surface area contributed by atoms with E-state index in [1.807, 2.05) is 44.2 Å². The zero-order chi connectivity index (χ0) is 11.8. The number of carbonyl (C=O) groups is 1. The van der Waals surface area contributed by atoms with E-state index < -0.39 is 0 Å². The van der Waals surface area contributed by atoms with E-state index >= 15 is 0 Å². The van der Waals surface area contributed by atoms with Crippen molar-refractivity contribution in [1.82, 2.24) is 5.32 Å². The van der Waals surface area contributed by atoms with E-state index in [0.29, 0.717) is 19.0 Å². The Bertz CT molecular complexity index is 361. The van der Waals surface area contributed by atoms with E-state index in [-0.39, 0.29) is 6.03 Å². The fourth-order valence-corrected chi connectivity index (χ4v) is 1.18. The van der Waals surface area contributed by atoms with Crippen LogP contribution in [0.3, 0.4) is 0 Å². The van der Waals surface area contributed by atoms with Crippen molar-refractivity contribution in [3.8, 4) is 0 Å². The molecule has 4 heteroatoms. The Morgan fingerprint density at radius 3 is 2.56 bits per heavy atom. The van der Waals surface area contributed by atoms with Crippen molar-refractivity contribution < 1.29 is 9.53 Å². The lowest BCUT2D eigenvalue weighted by molar-refractivity contribution is 0.248. The summed E-state index contributed by atoms with van der Waals surface area (Å²) < 4.78 is 5.33. The van der Waals surface area contributed by atoms with Crippen LogP contribution < -0.4 is 5.32 Å². The minimum absolute atomic E-state index is 0.356. The Balaban J connectivity index is 2.86. The molecule has 1 aromatic rings. The number of ether oxygens (including phenoxy) is 1. The lowest BCUT2D eigenvalue weighted by Gasteiger charge is -2.06. The number of aliphatic imine (C=N–C) groups is 1. The molecule has 0 radical (unpaired) electrons. The monoisotopic (exact) mass is 220 g/mol. The molecule has 0 aromatic heterocycles. The van der Waals surface area contributed by atoms with Crippen LogP contribution in [0.1, 0.15) is 19.4 Å². The molecule has 0 aliphatic heterocycles. The maximum Gasteiger partial charge on any atom is 0.344 e. The first-order valence-corrected chi connectivity index (χ1v) is 5.32. The fourth-order valence-electron chi connectivity index (χ4n) is 1.18. The van der Waals surface area contributed by atoms with Crippen molar-refractivity contribution >= 4 is 11.9 Å². The van der Waals surface area contributed by atoms with E-state index in [9.17, 15) is 4.79 Å². The molecule has 0 fully saturated rings. The molecule has 0 bridgehead atoms. The number of rotatable bonds is 3. The summed E-state index contributed by atoms with van der Waals surface area (Å²) in [6.45, 7) is 4.73. The van der Waals surface area contributed by atoms with Crippen molar-refractivity contribution in [2.45, 2.75) is 13.8 Å². The molecule has 0 aliphatic rings. The van der Waals surface area contributed by atoms with Gasteiger partial charge in [0.2, 0.25) is 5.90 Å². The average molecular weight is 220 g/mol. The third-order valence-electron chi connectivity index (χ3n) is 1.83. The van der Waals surface area contributed by atoms with Crippen LogP contribution in [0, 0.1) is 0 Å². The summed E-state index contributed by atoms with van der Waals surface area (Å²) in [6.07, 6.45) is 0. The topological polar surface area (TPSA) is 50.7 Å². The lowest BCUT2D eigenvalue weighted by Crippen LogP contribution is -2.21. The maximum absolute atomic E-state index is 11.3. The highest BCUT2D eigenvalue weighted by Gasteiger charge is 2.06. The fraction of sp³-hybridized carbons (Fsp3) is 0.333. The summed E-state index contributed by atoms with van der Waals surface area (Å²) >= 11 is 0. The highest BCUT2D eigenvalue weighted by molar-refractivity contribution is 6.01. The van der Waals surface area contributed by atoms with Gasteiger partial charge in [0, 0.05) is 12.1 Å². The van der Waals surface area contributed by atoms with Crippen molar-refractivity contribution in [3.05, 3.63) is 35.9 Å². The van der Waals surface area contributed by atoms with Crippen LogP contribution in [0.25, 0.3) is 0 Å². The highest BCUT2D eigenvalue weighted by Crippen LogP contribution is 2.03. The summed E-state index contributed by atoms with van der Waals surface area (Å²) in [5.41, 5.74) is 0.801. The Hall–Kier alpha value is -1.84. The predicted molar refractivity (Wildman–Crippen MR) is 63.7 cm³/mol. The molecular formula is C12H16N2O2. The molecule has 0 saturated heterocycles. The molecular weight excluding hydrogens is 204 g/mol. The van der Waals surface area contributed by atoms with E-state index in [0.717, 1.165) is 5.56 Å². The molecule has 1 rings (SSSR count). The molecule has 1 aromatic carbocycles. The molecule has 16 heavy (non-hydrogen) atoms. The van der Waals surface area contributed by atoms with Crippen LogP contribution >= 0.6 is 0 Å². The van der Waals surface area contributed by atoms with Crippen LogP contribution in [0.5, 0.6) is 0 Å². The van der Waals surface area contributed by atoms with Gasteiger partial charge < -0.3 is 10.1 Å². The molecule has 0 spiro atoms. The average Bonchev–Trinajstić information content (AvgIpc) is 2.30. The van der Waals surface area contributed by atoms with Crippen molar-refractivity contribution in [3.63, 3.8) is 0 Å². The van der Waals surface area contributed by atoms with Gasteiger partial charge in [-0.25, -0.2) is 4.79 Å². The first-order chi connectivity index (χ1) is 7.77. The smallest absolute Gasteiger partial charge is 0.344 e. The van der Waals surface area contributed by atoms with Crippen LogP contribution in [0.4, 0.5) is 4.79 Å². The molecule has 0 unspecified atom stereocenters. The number of carbonyl (C=O) groups excluding carboxylic acids is 1. The molecule has 86 valence electrons. The molecule has 2 amide bonds. The number of hydrogen-bond acceptors (Lipinski definition) is 2. The molecule has 0 atom stereocenters. The van der Waals surface area contributed by atoms with Crippen molar-refractivity contribution in [2.75, 3.05) is 13.2 Å². The van der Waals surface area contributed by atoms with Gasteiger partial charge in [-0.2, -0.15) is 4.99 Å². The van der Waals surface area contributed by atoms with Crippen LogP contribution in [-0.4, -0.2) is 25.1 Å². The number of amides is 2. The molecule has 0 saturated carbocycles. The molecule has 1 N–H and O–H groups in total. The highest BCUT2D eigenvalue weighted by atomic mass is 16.5. The van der Waals surface area contributed by atoms with Crippen LogP contribution in [-0.2, 0) is 4.74 Å². The zero-order valence-corrected chi connectivity index (χ0v) is 9.56. The van der Waals surface area contributed by atoms with E-state index in [1.165, 1.54) is 0 Å². The van der Waals surface area contributed by atoms with E-state index in [1.54, 1.807) is 0 Å². The summed E-state index contributed by atoms with van der Waals surface area (Å²) in [5, 5.41) is 2.60. The maximum atomic E-state index is 11.3. The Morgan fingerprint density at radius 2 is 2.00 bits per heavy atom. The Kier molecular flexibility index (Phi) is 5.05. The number of benzene rings is 1. The number of urea groups is 1. The van der Waals surface area contributed by atoms with Crippen LogP contribution in [0.2, 0.25) is 0 Å². The number of nitrogens with one attached hydrogen (secondary N) is 1. The van der Waals surface area contributed by atoms with Gasteiger partial charge in [-0.05, 0) is 26.0 Å².